The van der Waals surface area contributed by atoms with E-state index in [4.69, 9.17) is 4.74 Å². The van der Waals surface area contributed by atoms with Gasteiger partial charge in [0.1, 0.15) is 5.78 Å². The summed E-state index contributed by atoms with van der Waals surface area (Å²) in [6.45, 7) is 9.47. The van der Waals surface area contributed by atoms with Crippen LogP contribution in [0.4, 0.5) is 0 Å². The van der Waals surface area contributed by atoms with Gasteiger partial charge in [-0.1, -0.05) is 38.8 Å². The standard InChI is InChI=1S/C19H30O3/c1-5-13-15-12(10-22-17(15)21)9-14(20)16(13)19(4)8-6-7-18(2,3)11-19/h5,12,15-17,21H,6-11H2,1-4H3. The number of allylic oxidation sites excluding steroid dienone is 1. The lowest BCUT2D eigenvalue weighted by atomic mass is 9.53. The number of aliphatic hydroxyl groups excluding tert-OH is 1. The van der Waals surface area contributed by atoms with Gasteiger partial charge in [-0.15, -0.1) is 0 Å². The number of ether oxygens (including phenoxy) is 1. The predicted molar refractivity (Wildman–Crippen MR) is 86.2 cm³/mol. The number of carbonyl (C=O) groups excluding carboxylic acids is 1. The second-order valence-corrected chi connectivity index (χ2v) is 8.75. The molecule has 1 N–H and O–H groups in total. The zero-order chi connectivity index (χ0) is 16.1. The van der Waals surface area contributed by atoms with E-state index < -0.39 is 6.29 Å². The number of carbonyl (C=O) groups is 1. The van der Waals surface area contributed by atoms with Gasteiger partial charge in [-0.2, -0.15) is 0 Å². The maximum atomic E-state index is 13.0. The van der Waals surface area contributed by atoms with Gasteiger partial charge in [0.2, 0.25) is 0 Å². The summed E-state index contributed by atoms with van der Waals surface area (Å²) in [5.41, 5.74) is 1.47. The second-order valence-electron chi connectivity index (χ2n) is 8.75. The number of hydrogen-bond acceptors (Lipinski definition) is 3. The minimum atomic E-state index is -0.730. The van der Waals surface area contributed by atoms with Crippen molar-refractivity contribution in [2.75, 3.05) is 6.61 Å². The van der Waals surface area contributed by atoms with Gasteiger partial charge in [-0.25, -0.2) is 0 Å². The Hall–Kier alpha value is -0.670. The molecule has 2 aliphatic carbocycles. The highest BCUT2D eigenvalue weighted by atomic mass is 16.6. The molecular weight excluding hydrogens is 276 g/mol. The third kappa shape index (κ3) is 2.56. The highest BCUT2D eigenvalue weighted by molar-refractivity contribution is 5.86. The van der Waals surface area contributed by atoms with E-state index in [1.807, 2.05) is 6.92 Å². The number of fused-ring (bicyclic) bond motifs is 1. The van der Waals surface area contributed by atoms with Crippen molar-refractivity contribution >= 4 is 5.78 Å². The summed E-state index contributed by atoms with van der Waals surface area (Å²) in [4.78, 5) is 13.0. The molecule has 5 unspecified atom stereocenters. The highest BCUT2D eigenvalue weighted by Gasteiger charge is 2.54. The molecule has 3 fully saturated rings. The van der Waals surface area contributed by atoms with Gasteiger partial charge >= 0.3 is 0 Å². The molecule has 1 aliphatic heterocycles. The van der Waals surface area contributed by atoms with Crippen LogP contribution in [0, 0.1) is 28.6 Å². The Balaban J connectivity index is 1.96. The molecule has 3 aliphatic rings. The van der Waals surface area contributed by atoms with Gasteiger partial charge in [0, 0.05) is 24.2 Å². The molecule has 2 saturated carbocycles. The second kappa shape index (κ2) is 5.45. The van der Waals surface area contributed by atoms with E-state index in [1.54, 1.807) is 0 Å². The molecule has 3 rings (SSSR count). The van der Waals surface area contributed by atoms with Crippen LogP contribution >= 0.6 is 0 Å². The largest absolute Gasteiger partial charge is 0.367 e. The molecule has 0 radical (unpaired) electrons. The molecule has 1 heterocycles. The summed E-state index contributed by atoms with van der Waals surface area (Å²) in [5, 5.41) is 10.2. The minimum absolute atomic E-state index is 0.0218. The summed E-state index contributed by atoms with van der Waals surface area (Å²) < 4.78 is 5.45. The van der Waals surface area contributed by atoms with Crippen molar-refractivity contribution in [3.8, 4) is 0 Å². The van der Waals surface area contributed by atoms with Crippen molar-refractivity contribution in [1.82, 2.24) is 0 Å². The zero-order valence-corrected chi connectivity index (χ0v) is 14.4. The van der Waals surface area contributed by atoms with Crippen LogP contribution in [-0.4, -0.2) is 23.8 Å². The number of rotatable bonds is 1. The molecule has 3 heteroatoms. The van der Waals surface area contributed by atoms with Crippen molar-refractivity contribution in [2.24, 2.45) is 28.6 Å². The van der Waals surface area contributed by atoms with E-state index in [2.05, 4.69) is 26.8 Å². The number of hydrogen-bond donors (Lipinski definition) is 1. The van der Waals surface area contributed by atoms with Crippen molar-refractivity contribution in [3.63, 3.8) is 0 Å². The lowest BCUT2D eigenvalue weighted by Gasteiger charge is -2.50. The van der Waals surface area contributed by atoms with Gasteiger partial charge in [0.15, 0.2) is 6.29 Å². The quantitative estimate of drug-likeness (QED) is 0.751. The van der Waals surface area contributed by atoms with Crippen molar-refractivity contribution in [1.29, 1.82) is 0 Å². The van der Waals surface area contributed by atoms with Crippen LogP contribution in [0.1, 0.15) is 59.8 Å². The van der Waals surface area contributed by atoms with Gasteiger partial charge < -0.3 is 9.84 Å². The van der Waals surface area contributed by atoms with Crippen LogP contribution in [0.15, 0.2) is 11.6 Å². The van der Waals surface area contributed by atoms with Crippen LogP contribution in [0.3, 0.4) is 0 Å². The van der Waals surface area contributed by atoms with Gasteiger partial charge in [0.05, 0.1) is 6.61 Å². The molecule has 0 aromatic rings. The fourth-order valence-electron chi connectivity index (χ4n) is 5.68. The minimum Gasteiger partial charge on any atom is -0.367 e. The lowest BCUT2D eigenvalue weighted by Crippen LogP contribution is -2.47. The Labute approximate surface area is 134 Å². The SMILES string of the molecule is CC=C1C2C(COC2O)CC(=O)C1C1(C)CCCC(C)(C)C1. The molecule has 124 valence electrons. The smallest absolute Gasteiger partial charge is 0.161 e. The molecule has 0 aromatic heterocycles. The summed E-state index contributed by atoms with van der Waals surface area (Å²) in [6, 6.07) is 0. The summed E-state index contributed by atoms with van der Waals surface area (Å²) in [5.74, 6) is 0.529. The summed E-state index contributed by atoms with van der Waals surface area (Å²) >= 11 is 0. The van der Waals surface area contributed by atoms with E-state index >= 15 is 0 Å². The first-order valence-corrected chi connectivity index (χ1v) is 8.76. The molecule has 0 amide bonds. The maximum absolute atomic E-state index is 13.0. The molecule has 1 saturated heterocycles. The summed E-state index contributed by atoms with van der Waals surface area (Å²) in [6.07, 6.45) is 6.56. The number of ketones is 1. The lowest BCUT2D eigenvalue weighted by molar-refractivity contribution is -0.131. The maximum Gasteiger partial charge on any atom is 0.161 e. The molecule has 0 bridgehead atoms. The van der Waals surface area contributed by atoms with Gasteiger partial charge in [-0.05, 0) is 37.0 Å². The van der Waals surface area contributed by atoms with Gasteiger partial charge in [-0.3, -0.25) is 4.79 Å². The summed E-state index contributed by atoms with van der Waals surface area (Å²) in [7, 11) is 0. The van der Waals surface area contributed by atoms with E-state index in [0.717, 1.165) is 18.4 Å². The Kier molecular flexibility index (Phi) is 4.01. The van der Waals surface area contributed by atoms with Crippen LogP contribution in [0.25, 0.3) is 0 Å². The van der Waals surface area contributed by atoms with E-state index in [0.29, 0.717) is 24.2 Å². The Morgan fingerprint density at radius 1 is 1.27 bits per heavy atom. The van der Waals surface area contributed by atoms with E-state index in [1.165, 1.54) is 12.8 Å². The first-order chi connectivity index (χ1) is 10.3. The normalized spacial score (nSPS) is 46.8. The van der Waals surface area contributed by atoms with Crippen LogP contribution in [-0.2, 0) is 9.53 Å². The third-order valence-electron chi connectivity index (χ3n) is 6.31. The predicted octanol–water partition coefficient (Wildman–Crippen LogP) is 3.71. The third-order valence-corrected chi connectivity index (χ3v) is 6.31. The molecule has 5 atom stereocenters. The Bertz CT molecular complexity index is 493. The first kappa shape index (κ1) is 16.2. The Morgan fingerprint density at radius 3 is 2.64 bits per heavy atom. The van der Waals surface area contributed by atoms with Crippen molar-refractivity contribution < 1.29 is 14.6 Å². The number of Topliss-reactive ketones (excluding diaryl/α,β-unsaturated/α-hetero) is 1. The van der Waals surface area contributed by atoms with Crippen LogP contribution < -0.4 is 0 Å². The fraction of sp³-hybridized carbons (Fsp3) is 0.842. The Morgan fingerprint density at radius 2 is 2.00 bits per heavy atom. The highest BCUT2D eigenvalue weighted by Crippen LogP contribution is 2.56. The molecule has 0 spiro atoms. The first-order valence-electron chi connectivity index (χ1n) is 8.76. The average molecular weight is 306 g/mol. The van der Waals surface area contributed by atoms with Crippen LogP contribution in [0.2, 0.25) is 0 Å². The van der Waals surface area contributed by atoms with Crippen molar-refractivity contribution in [2.45, 2.75) is 66.1 Å². The van der Waals surface area contributed by atoms with Crippen LogP contribution in [0.5, 0.6) is 0 Å². The molecule has 22 heavy (non-hydrogen) atoms. The van der Waals surface area contributed by atoms with Gasteiger partial charge in [0.25, 0.3) is 0 Å². The zero-order valence-electron chi connectivity index (χ0n) is 14.4. The van der Waals surface area contributed by atoms with Crippen molar-refractivity contribution in [3.05, 3.63) is 11.6 Å². The van der Waals surface area contributed by atoms with E-state index in [-0.39, 0.29) is 23.2 Å². The molecule has 3 nitrogen and oxygen atoms in total. The molecule has 0 aromatic carbocycles. The monoisotopic (exact) mass is 306 g/mol. The average Bonchev–Trinajstić information content (AvgIpc) is 2.76. The van der Waals surface area contributed by atoms with E-state index in [9.17, 15) is 9.90 Å². The fourth-order valence-corrected chi connectivity index (χ4v) is 5.68. The molecular formula is C19H30O3. The topological polar surface area (TPSA) is 46.5 Å². The number of aliphatic hydroxyl groups is 1.